The van der Waals surface area contributed by atoms with Crippen LogP contribution in [0.15, 0.2) is 106 Å². The van der Waals surface area contributed by atoms with Crippen LogP contribution >= 0.6 is 31.9 Å². The van der Waals surface area contributed by atoms with Gasteiger partial charge in [0.15, 0.2) is 0 Å². The normalized spacial score (nSPS) is 10.8. The summed E-state index contributed by atoms with van der Waals surface area (Å²) in [4.78, 5) is 31.6. The zero-order valence-electron chi connectivity index (χ0n) is 28.0. The van der Waals surface area contributed by atoms with Gasteiger partial charge >= 0.3 is 0 Å². The number of hydrogen-bond acceptors (Lipinski definition) is 4. The molecule has 8 heteroatoms. The molecule has 0 unspecified atom stereocenters. The molecule has 0 aromatic heterocycles. The van der Waals surface area contributed by atoms with Gasteiger partial charge in [0.05, 0.1) is 22.2 Å². The molecule has 0 N–H and O–H groups in total. The molecule has 6 nitrogen and oxygen atoms in total. The molecule has 254 valence electrons. The maximum absolute atomic E-state index is 14.1. The Labute approximate surface area is 302 Å². The number of carbonyl (C=O) groups excluding carboxylic acids is 2. The maximum atomic E-state index is 14.1. The Balaban J connectivity index is 1.53. The van der Waals surface area contributed by atoms with Crippen molar-refractivity contribution in [3.05, 3.63) is 117 Å². The number of halogens is 2. The second-order valence-electron chi connectivity index (χ2n) is 11.7. The summed E-state index contributed by atoms with van der Waals surface area (Å²) in [7, 11) is 0. The Kier molecular flexibility index (Phi) is 15.5. The van der Waals surface area contributed by atoms with Crippen LogP contribution in [0.1, 0.15) is 85.9 Å². The predicted octanol–water partition coefficient (Wildman–Crippen LogP) is 11.1. The van der Waals surface area contributed by atoms with Crippen LogP contribution in [0.5, 0.6) is 11.5 Å². The quantitative estimate of drug-likeness (QED) is 0.0890. The summed E-state index contributed by atoms with van der Waals surface area (Å²) in [5, 5.41) is 0. The molecule has 4 aromatic rings. The SMILES string of the molecule is CCCCCCOc1ccc(C(=O)N(CCN(C(=O)c2ccc(OCCCCCC)c(Br)c2)c2ccccc2)c2ccccc2)cc1Br. The smallest absolute Gasteiger partial charge is 0.258 e. The van der Waals surface area contributed by atoms with Crippen molar-refractivity contribution in [1.82, 2.24) is 0 Å². The zero-order valence-corrected chi connectivity index (χ0v) is 31.2. The van der Waals surface area contributed by atoms with E-state index in [0.717, 1.165) is 46.0 Å². The van der Waals surface area contributed by atoms with Gasteiger partial charge in [-0.25, -0.2) is 0 Å². The number of hydrogen-bond donors (Lipinski definition) is 0. The van der Waals surface area contributed by atoms with Crippen LogP contribution < -0.4 is 19.3 Å². The van der Waals surface area contributed by atoms with E-state index in [4.69, 9.17) is 9.47 Å². The van der Waals surface area contributed by atoms with E-state index < -0.39 is 0 Å². The van der Waals surface area contributed by atoms with Crippen LogP contribution in [0.4, 0.5) is 11.4 Å². The lowest BCUT2D eigenvalue weighted by atomic mass is 10.1. The Morgan fingerprint density at radius 3 is 1.29 bits per heavy atom. The van der Waals surface area contributed by atoms with Crippen molar-refractivity contribution in [3.8, 4) is 11.5 Å². The molecule has 0 saturated heterocycles. The minimum Gasteiger partial charge on any atom is -0.492 e. The number of benzene rings is 4. The lowest BCUT2D eigenvalue weighted by Gasteiger charge is -2.29. The molecule has 4 rings (SSSR count). The molecule has 48 heavy (non-hydrogen) atoms. The number of amides is 2. The Morgan fingerprint density at radius 2 is 0.938 bits per heavy atom. The number of rotatable bonds is 19. The van der Waals surface area contributed by atoms with Gasteiger partial charge in [-0.2, -0.15) is 0 Å². The van der Waals surface area contributed by atoms with Crippen molar-refractivity contribution >= 4 is 55.0 Å². The molecule has 0 fully saturated rings. The fraction of sp³-hybridized carbons (Fsp3) is 0.350. The summed E-state index contributed by atoms with van der Waals surface area (Å²) >= 11 is 7.23. The second kappa shape index (κ2) is 20.0. The van der Waals surface area contributed by atoms with Crippen molar-refractivity contribution in [2.45, 2.75) is 65.2 Å². The first-order chi connectivity index (χ1) is 23.4. The fourth-order valence-electron chi connectivity index (χ4n) is 5.35. The van der Waals surface area contributed by atoms with Gasteiger partial charge in [-0.1, -0.05) is 88.8 Å². The molecule has 0 aliphatic carbocycles. The Hall–Kier alpha value is -3.62. The zero-order chi connectivity index (χ0) is 34.1. The average Bonchev–Trinajstić information content (AvgIpc) is 3.11. The standard InChI is InChI=1S/C40H46Br2N2O4/c1-3-5-7-15-27-47-37-23-21-31(29-35(37)41)39(45)43(33-17-11-9-12-18-33)25-26-44(34-19-13-10-14-20-34)40(46)32-22-24-38(36(42)30-32)48-28-16-8-6-4-2/h9-14,17-24,29-30H,3-8,15-16,25-28H2,1-2H3. The highest BCUT2D eigenvalue weighted by Gasteiger charge is 2.24. The average molecular weight is 779 g/mol. The van der Waals surface area contributed by atoms with E-state index >= 15 is 0 Å². The molecule has 0 saturated carbocycles. The van der Waals surface area contributed by atoms with E-state index in [1.165, 1.54) is 25.7 Å². The number of nitrogens with zero attached hydrogens (tertiary/aromatic N) is 2. The van der Waals surface area contributed by atoms with E-state index in [2.05, 4.69) is 45.7 Å². The molecule has 0 heterocycles. The summed E-state index contributed by atoms with van der Waals surface area (Å²) in [5.74, 6) is 1.10. The number of unbranched alkanes of at least 4 members (excludes halogenated alkanes) is 6. The third-order valence-corrected chi connectivity index (χ3v) is 9.28. The van der Waals surface area contributed by atoms with Gasteiger partial charge in [0, 0.05) is 35.6 Å². The second-order valence-corrected chi connectivity index (χ2v) is 13.4. The molecule has 0 aliphatic heterocycles. The highest BCUT2D eigenvalue weighted by molar-refractivity contribution is 9.11. The number of ether oxygens (including phenoxy) is 2. The molecule has 0 radical (unpaired) electrons. The van der Waals surface area contributed by atoms with Gasteiger partial charge in [-0.05, 0) is 105 Å². The molecule has 0 atom stereocenters. The minimum absolute atomic E-state index is 0.167. The summed E-state index contributed by atoms with van der Waals surface area (Å²) in [5.41, 5.74) is 2.55. The summed E-state index contributed by atoms with van der Waals surface area (Å²) in [6.45, 7) is 6.20. The third-order valence-electron chi connectivity index (χ3n) is 8.04. The van der Waals surface area contributed by atoms with Gasteiger partial charge in [-0.15, -0.1) is 0 Å². The van der Waals surface area contributed by atoms with Crippen molar-refractivity contribution in [2.24, 2.45) is 0 Å². The lowest BCUT2D eigenvalue weighted by molar-refractivity contribution is 0.0968. The highest BCUT2D eigenvalue weighted by atomic mass is 79.9. The minimum atomic E-state index is -0.167. The molecule has 4 aromatic carbocycles. The van der Waals surface area contributed by atoms with Crippen LogP contribution in [0.25, 0.3) is 0 Å². The number of para-hydroxylation sites is 2. The molecule has 0 bridgehead atoms. The predicted molar refractivity (Wildman–Crippen MR) is 204 cm³/mol. The molecular formula is C40H46Br2N2O4. The number of carbonyl (C=O) groups is 2. The first-order valence-electron chi connectivity index (χ1n) is 17.0. The van der Waals surface area contributed by atoms with E-state index in [9.17, 15) is 9.59 Å². The van der Waals surface area contributed by atoms with Gasteiger partial charge in [0.25, 0.3) is 11.8 Å². The van der Waals surface area contributed by atoms with E-state index in [1.54, 1.807) is 21.9 Å². The van der Waals surface area contributed by atoms with Crippen molar-refractivity contribution < 1.29 is 19.1 Å². The molecule has 0 aliphatic rings. The van der Waals surface area contributed by atoms with Crippen LogP contribution in [0.3, 0.4) is 0 Å². The first-order valence-corrected chi connectivity index (χ1v) is 18.6. The topological polar surface area (TPSA) is 59.1 Å². The summed E-state index contributed by atoms with van der Waals surface area (Å²) in [6.07, 6.45) is 8.99. The lowest BCUT2D eigenvalue weighted by Crippen LogP contribution is -2.41. The molecular weight excluding hydrogens is 732 g/mol. The van der Waals surface area contributed by atoms with Gasteiger partial charge in [0.1, 0.15) is 11.5 Å². The monoisotopic (exact) mass is 776 g/mol. The number of anilines is 2. The van der Waals surface area contributed by atoms with Crippen molar-refractivity contribution in [2.75, 3.05) is 36.1 Å². The Morgan fingerprint density at radius 1 is 0.542 bits per heavy atom. The maximum Gasteiger partial charge on any atom is 0.258 e. The van der Waals surface area contributed by atoms with Gasteiger partial charge < -0.3 is 19.3 Å². The fourth-order valence-corrected chi connectivity index (χ4v) is 6.33. The first kappa shape index (κ1) is 37.2. The Bertz CT molecular complexity index is 1460. The molecule has 0 spiro atoms. The van der Waals surface area contributed by atoms with E-state index in [0.29, 0.717) is 35.8 Å². The third kappa shape index (κ3) is 11.0. The van der Waals surface area contributed by atoms with E-state index in [-0.39, 0.29) is 24.9 Å². The van der Waals surface area contributed by atoms with Crippen molar-refractivity contribution in [3.63, 3.8) is 0 Å². The summed E-state index contributed by atoms with van der Waals surface area (Å²) in [6, 6.07) is 30.0. The van der Waals surface area contributed by atoms with Crippen LogP contribution in [0, 0.1) is 0 Å². The summed E-state index contributed by atoms with van der Waals surface area (Å²) < 4.78 is 13.4. The van der Waals surface area contributed by atoms with Crippen LogP contribution in [-0.2, 0) is 0 Å². The molecule has 2 amide bonds. The van der Waals surface area contributed by atoms with Crippen molar-refractivity contribution in [1.29, 1.82) is 0 Å². The van der Waals surface area contributed by atoms with Gasteiger partial charge in [0.2, 0.25) is 0 Å². The largest absolute Gasteiger partial charge is 0.492 e. The van der Waals surface area contributed by atoms with Crippen LogP contribution in [0.2, 0.25) is 0 Å². The van der Waals surface area contributed by atoms with E-state index in [1.807, 2.05) is 84.9 Å². The highest BCUT2D eigenvalue weighted by Crippen LogP contribution is 2.30. The van der Waals surface area contributed by atoms with Crippen LogP contribution in [-0.4, -0.2) is 38.1 Å². The van der Waals surface area contributed by atoms with Gasteiger partial charge in [-0.3, -0.25) is 9.59 Å².